The number of anilines is 1. The molecule has 1 unspecified atom stereocenters. The highest BCUT2D eigenvalue weighted by Crippen LogP contribution is 2.31. The van der Waals surface area contributed by atoms with Crippen LogP contribution in [0.2, 0.25) is 5.02 Å². The Hall–Kier alpha value is -1.19. The number of hydrogen-bond donors (Lipinski definition) is 1. The summed E-state index contributed by atoms with van der Waals surface area (Å²) in [5.41, 5.74) is 1.01. The van der Waals surface area contributed by atoms with Crippen LogP contribution in [0.15, 0.2) is 30.3 Å². The molecule has 0 aliphatic carbocycles. The van der Waals surface area contributed by atoms with Gasteiger partial charge in [-0.15, -0.1) is 11.3 Å². The van der Waals surface area contributed by atoms with Crippen LogP contribution in [0.5, 0.6) is 5.75 Å². The first-order valence-corrected chi connectivity index (χ1v) is 8.50. The highest BCUT2D eigenvalue weighted by molar-refractivity contribution is 7.12. The van der Waals surface area contributed by atoms with Crippen LogP contribution in [-0.4, -0.2) is 6.10 Å². The van der Waals surface area contributed by atoms with Crippen molar-refractivity contribution in [3.63, 3.8) is 0 Å². The van der Waals surface area contributed by atoms with E-state index < -0.39 is 0 Å². The summed E-state index contributed by atoms with van der Waals surface area (Å²) in [7, 11) is 0. The van der Waals surface area contributed by atoms with Gasteiger partial charge in [0, 0.05) is 15.4 Å². The van der Waals surface area contributed by atoms with Crippen molar-refractivity contribution in [2.75, 3.05) is 5.32 Å². The minimum Gasteiger partial charge on any atom is -0.489 e. The molecule has 0 saturated carbocycles. The maximum absolute atomic E-state index is 6.27. The van der Waals surface area contributed by atoms with Crippen molar-refractivity contribution in [2.45, 2.75) is 46.3 Å². The van der Waals surface area contributed by atoms with Crippen LogP contribution in [-0.2, 0) is 6.42 Å². The van der Waals surface area contributed by atoms with Crippen LogP contribution in [0.1, 0.15) is 43.5 Å². The van der Waals surface area contributed by atoms with Crippen LogP contribution in [0.25, 0.3) is 0 Å². The van der Waals surface area contributed by atoms with Crippen molar-refractivity contribution in [3.8, 4) is 5.75 Å². The largest absolute Gasteiger partial charge is 0.489 e. The molecule has 0 aliphatic rings. The summed E-state index contributed by atoms with van der Waals surface area (Å²) in [5, 5.41) is 4.13. The van der Waals surface area contributed by atoms with Gasteiger partial charge in [-0.1, -0.05) is 18.5 Å². The molecular formula is C17H22ClNOS. The Morgan fingerprint density at radius 3 is 2.52 bits per heavy atom. The molecule has 1 N–H and O–H groups in total. The van der Waals surface area contributed by atoms with Crippen molar-refractivity contribution >= 4 is 28.6 Å². The van der Waals surface area contributed by atoms with Crippen molar-refractivity contribution in [3.05, 3.63) is 45.1 Å². The van der Waals surface area contributed by atoms with E-state index in [1.807, 2.05) is 43.4 Å². The molecule has 0 amide bonds. The lowest BCUT2D eigenvalue weighted by atomic mass is 10.2. The molecule has 0 bridgehead atoms. The second-order valence-electron chi connectivity index (χ2n) is 5.34. The smallest absolute Gasteiger partial charge is 0.138 e. The van der Waals surface area contributed by atoms with E-state index in [0.29, 0.717) is 5.02 Å². The maximum Gasteiger partial charge on any atom is 0.138 e. The van der Waals surface area contributed by atoms with Crippen molar-refractivity contribution in [1.29, 1.82) is 0 Å². The minimum absolute atomic E-state index is 0.124. The van der Waals surface area contributed by atoms with E-state index in [1.54, 1.807) is 0 Å². The first-order chi connectivity index (χ1) is 9.99. The third kappa shape index (κ3) is 4.39. The van der Waals surface area contributed by atoms with Gasteiger partial charge in [0.05, 0.1) is 17.2 Å². The number of rotatable bonds is 6. The third-order valence-corrected chi connectivity index (χ3v) is 4.84. The summed E-state index contributed by atoms with van der Waals surface area (Å²) >= 11 is 8.12. The predicted molar refractivity (Wildman–Crippen MR) is 93.0 cm³/mol. The van der Waals surface area contributed by atoms with Crippen LogP contribution < -0.4 is 10.1 Å². The van der Waals surface area contributed by atoms with E-state index >= 15 is 0 Å². The number of hydrogen-bond acceptors (Lipinski definition) is 3. The van der Waals surface area contributed by atoms with Gasteiger partial charge in [-0.2, -0.15) is 0 Å². The van der Waals surface area contributed by atoms with E-state index in [0.717, 1.165) is 17.9 Å². The minimum atomic E-state index is 0.124. The zero-order valence-electron chi connectivity index (χ0n) is 12.9. The van der Waals surface area contributed by atoms with E-state index in [2.05, 4.69) is 31.3 Å². The van der Waals surface area contributed by atoms with Gasteiger partial charge in [0.15, 0.2) is 0 Å². The SMILES string of the molecule is CCc1ccc(C(C)Nc2ccc(OC(C)C)c(Cl)c2)s1. The second kappa shape index (κ2) is 7.19. The molecule has 1 atom stereocenters. The van der Waals surface area contributed by atoms with E-state index in [4.69, 9.17) is 16.3 Å². The molecule has 1 aromatic heterocycles. The maximum atomic E-state index is 6.27. The topological polar surface area (TPSA) is 21.3 Å². The normalized spacial score (nSPS) is 12.5. The molecule has 1 aromatic carbocycles. The lowest BCUT2D eigenvalue weighted by Crippen LogP contribution is -2.07. The number of aryl methyl sites for hydroxylation is 1. The molecule has 0 radical (unpaired) electrons. The second-order valence-corrected chi connectivity index (χ2v) is 6.94. The average molecular weight is 324 g/mol. The predicted octanol–water partition coefficient (Wildman–Crippen LogP) is 5.92. The molecule has 114 valence electrons. The van der Waals surface area contributed by atoms with Gasteiger partial charge in [-0.25, -0.2) is 0 Å². The number of thiophene rings is 1. The van der Waals surface area contributed by atoms with Crippen molar-refractivity contribution < 1.29 is 4.74 Å². The Morgan fingerprint density at radius 2 is 1.95 bits per heavy atom. The molecule has 4 heteroatoms. The molecule has 2 nitrogen and oxygen atoms in total. The van der Waals surface area contributed by atoms with Gasteiger partial charge in [-0.3, -0.25) is 0 Å². The van der Waals surface area contributed by atoms with Gasteiger partial charge in [0.2, 0.25) is 0 Å². The standard InChI is InChI=1S/C17H22ClNOS/c1-5-14-7-9-17(21-14)12(4)19-13-6-8-16(15(18)10-13)20-11(2)3/h6-12,19H,5H2,1-4H3. The van der Waals surface area contributed by atoms with Crippen molar-refractivity contribution in [2.24, 2.45) is 0 Å². The Kier molecular flexibility index (Phi) is 5.54. The highest BCUT2D eigenvalue weighted by atomic mass is 35.5. The number of halogens is 1. The zero-order valence-corrected chi connectivity index (χ0v) is 14.5. The molecule has 21 heavy (non-hydrogen) atoms. The van der Waals surface area contributed by atoms with Crippen LogP contribution in [0.3, 0.4) is 0 Å². The van der Waals surface area contributed by atoms with E-state index in [9.17, 15) is 0 Å². The van der Waals surface area contributed by atoms with E-state index in [1.165, 1.54) is 9.75 Å². The molecule has 1 heterocycles. The molecular weight excluding hydrogens is 302 g/mol. The zero-order chi connectivity index (χ0) is 15.4. The van der Waals surface area contributed by atoms with Crippen LogP contribution >= 0.6 is 22.9 Å². The quantitative estimate of drug-likeness (QED) is 0.712. The Bertz CT molecular complexity index is 594. The van der Waals surface area contributed by atoms with Gasteiger partial charge >= 0.3 is 0 Å². The van der Waals surface area contributed by atoms with Crippen LogP contribution in [0.4, 0.5) is 5.69 Å². The summed E-state index contributed by atoms with van der Waals surface area (Å²) in [5.74, 6) is 0.731. The molecule has 0 saturated heterocycles. The van der Waals surface area contributed by atoms with Gasteiger partial charge < -0.3 is 10.1 Å². The van der Waals surface area contributed by atoms with Gasteiger partial charge in [0.25, 0.3) is 0 Å². The molecule has 2 aromatic rings. The molecule has 0 spiro atoms. The number of ether oxygens (including phenoxy) is 1. The van der Waals surface area contributed by atoms with Crippen molar-refractivity contribution in [1.82, 2.24) is 0 Å². The average Bonchev–Trinajstić information content (AvgIpc) is 2.90. The fourth-order valence-electron chi connectivity index (χ4n) is 2.08. The third-order valence-electron chi connectivity index (χ3n) is 3.14. The lowest BCUT2D eigenvalue weighted by molar-refractivity contribution is 0.242. The summed E-state index contributed by atoms with van der Waals surface area (Å²) < 4.78 is 5.65. The van der Waals surface area contributed by atoms with Gasteiger partial charge in [0.1, 0.15) is 5.75 Å². The van der Waals surface area contributed by atoms with Crippen LogP contribution in [0, 0.1) is 0 Å². The molecule has 0 fully saturated rings. The molecule has 0 aliphatic heterocycles. The summed E-state index contributed by atoms with van der Waals surface area (Å²) in [6.45, 7) is 8.33. The monoisotopic (exact) mass is 323 g/mol. The summed E-state index contributed by atoms with van der Waals surface area (Å²) in [6, 6.07) is 10.5. The van der Waals surface area contributed by atoms with Gasteiger partial charge in [-0.05, 0) is 57.5 Å². The molecule has 2 rings (SSSR count). The number of benzene rings is 1. The highest BCUT2D eigenvalue weighted by Gasteiger charge is 2.10. The summed E-state index contributed by atoms with van der Waals surface area (Å²) in [4.78, 5) is 2.75. The Morgan fingerprint density at radius 1 is 1.19 bits per heavy atom. The Balaban J connectivity index is 2.07. The lowest BCUT2D eigenvalue weighted by Gasteiger charge is -2.16. The fraction of sp³-hybridized carbons (Fsp3) is 0.412. The number of nitrogens with one attached hydrogen (secondary N) is 1. The first kappa shape index (κ1) is 16.2. The Labute approximate surface area is 136 Å². The fourth-order valence-corrected chi connectivity index (χ4v) is 3.26. The summed E-state index contributed by atoms with van der Waals surface area (Å²) in [6.07, 6.45) is 1.21. The first-order valence-electron chi connectivity index (χ1n) is 7.31. The van der Waals surface area contributed by atoms with E-state index in [-0.39, 0.29) is 12.1 Å².